The number of hydrogen-bond acceptors (Lipinski definition) is 3. The summed E-state index contributed by atoms with van der Waals surface area (Å²) in [5.74, 6) is 0. The minimum Gasteiger partial charge on any atom is -0.369 e. The number of rotatable bonds is 3. The number of para-hydroxylation sites is 1. The lowest BCUT2D eigenvalue weighted by molar-refractivity contribution is 0.366. The molecule has 0 bridgehead atoms. The van der Waals surface area contributed by atoms with Crippen molar-refractivity contribution in [3.8, 4) is 0 Å². The van der Waals surface area contributed by atoms with Crippen LogP contribution in [0, 0.1) is 0 Å². The summed E-state index contributed by atoms with van der Waals surface area (Å²) in [5, 5.41) is 3.70. The third kappa shape index (κ3) is 3.01. The maximum Gasteiger partial charge on any atom is 0.0504 e. The Bertz CT molecular complexity index is 394. The first kappa shape index (κ1) is 13.8. The van der Waals surface area contributed by atoms with E-state index >= 15 is 0 Å². The third-order valence-electron chi connectivity index (χ3n) is 3.90. The Morgan fingerprint density at radius 1 is 1.39 bits per heavy atom. The first-order valence-corrected chi connectivity index (χ1v) is 8.04. The normalized spacial score (nSPS) is 24.9. The maximum absolute atomic E-state index is 3.70. The molecule has 1 heterocycles. The van der Waals surface area contributed by atoms with Gasteiger partial charge in [0.05, 0.1) is 5.69 Å². The van der Waals surface area contributed by atoms with Crippen LogP contribution in [0.3, 0.4) is 0 Å². The zero-order valence-electron chi connectivity index (χ0n) is 11.7. The second kappa shape index (κ2) is 5.98. The zero-order valence-corrected chi connectivity index (χ0v) is 12.5. The molecule has 0 amide bonds. The summed E-state index contributed by atoms with van der Waals surface area (Å²) < 4.78 is 0. The largest absolute Gasteiger partial charge is 0.369 e. The van der Waals surface area contributed by atoms with Crippen molar-refractivity contribution < 1.29 is 0 Å². The number of benzene rings is 1. The van der Waals surface area contributed by atoms with Gasteiger partial charge in [-0.25, -0.2) is 0 Å². The van der Waals surface area contributed by atoms with Crippen LogP contribution in [0.1, 0.15) is 26.7 Å². The summed E-state index contributed by atoms with van der Waals surface area (Å²) in [4.78, 5) is 3.94. The highest BCUT2D eigenvalue weighted by molar-refractivity contribution is 7.98. The smallest absolute Gasteiger partial charge is 0.0504 e. The minimum atomic E-state index is 0.238. The zero-order chi connectivity index (χ0) is 13.0. The van der Waals surface area contributed by atoms with E-state index in [0.717, 1.165) is 19.6 Å². The fraction of sp³-hybridized carbons (Fsp3) is 0.600. The molecule has 1 saturated heterocycles. The van der Waals surface area contributed by atoms with E-state index in [-0.39, 0.29) is 5.54 Å². The molecule has 1 aliphatic heterocycles. The van der Waals surface area contributed by atoms with Crippen LogP contribution in [0.15, 0.2) is 29.2 Å². The molecule has 1 atom stereocenters. The van der Waals surface area contributed by atoms with Crippen LogP contribution in [0.2, 0.25) is 0 Å². The Balaban J connectivity index is 2.25. The van der Waals surface area contributed by atoms with E-state index in [1.54, 1.807) is 0 Å². The fourth-order valence-electron chi connectivity index (χ4n) is 2.55. The van der Waals surface area contributed by atoms with Crippen LogP contribution in [0.5, 0.6) is 0 Å². The Morgan fingerprint density at radius 3 is 2.89 bits per heavy atom. The molecule has 100 valence electrons. The second-order valence-electron chi connectivity index (χ2n) is 5.29. The average molecular weight is 264 g/mol. The summed E-state index contributed by atoms with van der Waals surface area (Å²) in [6.07, 6.45) is 4.55. The lowest BCUT2D eigenvalue weighted by atomic mass is 9.98. The topological polar surface area (TPSA) is 15.3 Å². The molecule has 2 nitrogen and oxygen atoms in total. The molecule has 2 rings (SSSR count). The molecule has 3 heteroatoms. The number of hydrogen-bond donors (Lipinski definition) is 1. The van der Waals surface area contributed by atoms with Crippen molar-refractivity contribution in [2.24, 2.45) is 0 Å². The van der Waals surface area contributed by atoms with E-state index < -0.39 is 0 Å². The predicted octanol–water partition coefficient (Wildman–Crippen LogP) is 3.38. The van der Waals surface area contributed by atoms with Gasteiger partial charge in [0.1, 0.15) is 0 Å². The van der Waals surface area contributed by atoms with E-state index in [4.69, 9.17) is 0 Å². The van der Waals surface area contributed by atoms with Gasteiger partial charge in [0.15, 0.2) is 0 Å². The number of anilines is 1. The molecule has 0 aromatic heterocycles. The van der Waals surface area contributed by atoms with Crippen molar-refractivity contribution >= 4 is 17.4 Å². The molecule has 0 saturated carbocycles. The van der Waals surface area contributed by atoms with E-state index in [1.807, 2.05) is 11.8 Å². The number of thioether (sulfide) groups is 1. The fourth-order valence-corrected chi connectivity index (χ4v) is 3.17. The van der Waals surface area contributed by atoms with Gasteiger partial charge in [0, 0.05) is 23.5 Å². The molecule has 18 heavy (non-hydrogen) atoms. The van der Waals surface area contributed by atoms with Crippen molar-refractivity contribution in [3.05, 3.63) is 24.3 Å². The molecule has 1 aromatic rings. The van der Waals surface area contributed by atoms with Crippen molar-refractivity contribution in [1.29, 1.82) is 0 Å². The summed E-state index contributed by atoms with van der Waals surface area (Å²) in [6.45, 7) is 7.99. The SMILES string of the molecule is CCC1(C)CN(c2ccccc2SC)CCCN1. The lowest BCUT2D eigenvalue weighted by Gasteiger charge is -2.34. The van der Waals surface area contributed by atoms with Crippen LogP contribution in [0.4, 0.5) is 5.69 Å². The van der Waals surface area contributed by atoms with Gasteiger partial charge in [-0.2, -0.15) is 0 Å². The number of nitrogens with zero attached hydrogens (tertiary/aromatic N) is 1. The molecule has 1 unspecified atom stereocenters. The molecular weight excluding hydrogens is 240 g/mol. The first-order chi connectivity index (χ1) is 8.68. The van der Waals surface area contributed by atoms with Crippen LogP contribution < -0.4 is 10.2 Å². The number of nitrogens with one attached hydrogen (secondary N) is 1. The second-order valence-corrected chi connectivity index (χ2v) is 6.14. The Kier molecular flexibility index (Phi) is 4.57. The van der Waals surface area contributed by atoms with Crippen LogP contribution in [-0.2, 0) is 0 Å². The standard InChI is InChI=1S/C15H24N2S/c1-4-15(2)12-17(11-7-10-16-15)13-8-5-6-9-14(13)18-3/h5-6,8-9,16H,4,7,10-12H2,1-3H3. The van der Waals surface area contributed by atoms with Crippen LogP contribution in [0.25, 0.3) is 0 Å². The van der Waals surface area contributed by atoms with Gasteiger partial charge in [0.25, 0.3) is 0 Å². The van der Waals surface area contributed by atoms with Gasteiger partial charge in [-0.3, -0.25) is 0 Å². The van der Waals surface area contributed by atoms with Gasteiger partial charge in [0.2, 0.25) is 0 Å². The maximum atomic E-state index is 3.70. The Labute approximate surface area is 115 Å². The van der Waals surface area contributed by atoms with Crippen molar-refractivity contribution in [1.82, 2.24) is 5.32 Å². The van der Waals surface area contributed by atoms with Gasteiger partial charge < -0.3 is 10.2 Å². The highest BCUT2D eigenvalue weighted by Gasteiger charge is 2.27. The molecule has 1 aromatic carbocycles. The first-order valence-electron chi connectivity index (χ1n) is 6.81. The van der Waals surface area contributed by atoms with Crippen molar-refractivity contribution in [2.75, 3.05) is 30.8 Å². The van der Waals surface area contributed by atoms with Crippen molar-refractivity contribution in [3.63, 3.8) is 0 Å². The quantitative estimate of drug-likeness (QED) is 0.843. The molecule has 0 spiro atoms. The summed E-state index contributed by atoms with van der Waals surface area (Å²) in [5.41, 5.74) is 1.63. The minimum absolute atomic E-state index is 0.238. The van der Waals surface area contributed by atoms with E-state index in [9.17, 15) is 0 Å². The molecular formula is C15H24N2S. The molecule has 1 fully saturated rings. The summed E-state index contributed by atoms with van der Waals surface area (Å²) >= 11 is 1.84. The lowest BCUT2D eigenvalue weighted by Crippen LogP contribution is -2.48. The Hall–Kier alpha value is -0.670. The van der Waals surface area contributed by atoms with E-state index in [2.05, 4.69) is 54.6 Å². The van der Waals surface area contributed by atoms with Gasteiger partial charge in [-0.15, -0.1) is 11.8 Å². The monoisotopic (exact) mass is 264 g/mol. The van der Waals surface area contributed by atoms with Gasteiger partial charge >= 0.3 is 0 Å². The molecule has 1 N–H and O–H groups in total. The highest BCUT2D eigenvalue weighted by Crippen LogP contribution is 2.30. The summed E-state index contributed by atoms with van der Waals surface area (Å²) in [7, 11) is 0. The molecule has 1 aliphatic rings. The third-order valence-corrected chi connectivity index (χ3v) is 4.69. The van der Waals surface area contributed by atoms with E-state index in [0.29, 0.717) is 0 Å². The van der Waals surface area contributed by atoms with Gasteiger partial charge in [-0.05, 0) is 44.7 Å². The van der Waals surface area contributed by atoms with Crippen LogP contribution >= 0.6 is 11.8 Å². The molecule has 0 aliphatic carbocycles. The Morgan fingerprint density at radius 2 is 2.17 bits per heavy atom. The van der Waals surface area contributed by atoms with E-state index in [1.165, 1.54) is 23.4 Å². The van der Waals surface area contributed by atoms with Gasteiger partial charge in [-0.1, -0.05) is 19.1 Å². The highest BCUT2D eigenvalue weighted by atomic mass is 32.2. The predicted molar refractivity (Wildman–Crippen MR) is 81.8 cm³/mol. The van der Waals surface area contributed by atoms with Crippen molar-refractivity contribution in [2.45, 2.75) is 37.1 Å². The average Bonchev–Trinajstić information content (AvgIpc) is 2.61. The van der Waals surface area contributed by atoms with Crippen LogP contribution in [-0.4, -0.2) is 31.4 Å². The summed E-state index contributed by atoms with van der Waals surface area (Å²) in [6, 6.07) is 8.76. The molecule has 0 radical (unpaired) electrons.